The lowest BCUT2D eigenvalue weighted by molar-refractivity contribution is 0.00314. The highest BCUT2D eigenvalue weighted by atomic mass is 14.5. The Morgan fingerprint density at radius 3 is 1.62 bits per heavy atom. The maximum Gasteiger partial charge on any atom is -0.0354 e. The molecule has 0 spiro atoms. The molecular formula is C42H90. The van der Waals surface area contributed by atoms with Crippen molar-refractivity contribution in [3.63, 3.8) is 0 Å². The Morgan fingerprint density at radius 2 is 1.19 bits per heavy atom. The zero-order chi connectivity index (χ0) is 33.4. The summed E-state index contributed by atoms with van der Waals surface area (Å²) in [6.07, 6.45) is 17.3. The first-order valence-corrected chi connectivity index (χ1v) is 19.9. The molecule has 0 heterocycles. The van der Waals surface area contributed by atoms with Crippen LogP contribution in [0.2, 0.25) is 0 Å². The summed E-state index contributed by atoms with van der Waals surface area (Å²) in [7, 11) is 0. The minimum absolute atomic E-state index is 0.833. The molecule has 0 N–H and O–H groups in total. The molecule has 2 rings (SSSR count). The molecule has 0 nitrogen and oxygen atoms in total. The average molecular weight is 595 g/mol. The van der Waals surface area contributed by atoms with E-state index in [2.05, 4.69) is 96.9 Å². The summed E-state index contributed by atoms with van der Waals surface area (Å²) in [6.45, 7) is 41.3. The summed E-state index contributed by atoms with van der Waals surface area (Å²) in [4.78, 5) is 0. The van der Waals surface area contributed by atoms with E-state index < -0.39 is 0 Å². The topological polar surface area (TPSA) is 0 Å². The molecular weight excluding hydrogens is 504 g/mol. The predicted octanol–water partition coefficient (Wildman–Crippen LogP) is 15.4. The third-order valence-corrected chi connectivity index (χ3v) is 11.0. The Labute approximate surface area is 272 Å². The van der Waals surface area contributed by atoms with Crippen molar-refractivity contribution in [2.45, 2.75) is 202 Å². The lowest BCUT2D eigenvalue weighted by Crippen LogP contribution is -2.42. The maximum absolute atomic E-state index is 2.63. The molecule has 0 amide bonds. The number of fused-ring (bicyclic) bond motifs is 1. The predicted molar refractivity (Wildman–Crippen MR) is 199 cm³/mol. The summed E-state index contributed by atoms with van der Waals surface area (Å²) in [5.74, 6) is 11.4. The molecule has 258 valence electrons. The smallest absolute Gasteiger partial charge is 0.0354 e. The number of rotatable bonds is 13. The highest BCUT2D eigenvalue weighted by molar-refractivity contribution is 4.96. The molecule has 0 aromatic rings. The van der Waals surface area contributed by atoms with Crippen LogP contribution in [0.3, 0.4) is 0 Å². The summed E-state index contributed by atoms with van der Waals surface area (Å²) in [5.41, 5.74) is 0. The molecule has 2 fully saturated rings. The van der Waals surface area contributed by atoms with Gasteiger partial charge in [0, 0.05) is 0 Å². The summed E-state index contributed by atoms with van der Waals surface area (Å²) in [6, 6.07) is 0. The van der Waals surface area contributed by atoms with E-state index in [1.807, 2.05) is 27.7 Å². The third kappa shape index (κ3) is 18.7. The van der Waals surface area contributed by atoms with Crippen LogP contribution in [-0.4, -0.2) is 0 Å². The lowest BCUT2D eigenvalue weighted by atomic mass is 9.57. The maximum atomic E-state index is 2.63. The summed E-state index contributed by atoms with van der Waals surface area (Å²) >= 11 is 0. The molecule has 2 aliphatic rings. The number of hydrogen-bond donors (Lipinski definition) is 0. The molecule has 2 aliphatic carbocycles. The van der Waals surface area contributed by atoms with Crippen LogP contribution in [0.5, 0.6) is 0 Å². The van der Waals surface area contributed by atoms with Crippen LogP contribution in [0.4, 0.5) is 0 Å². The van der Waals surface area contributed by atoms with Gasteiger partial charge in [-0.05, 0) is 90.3 Å². The van der Waals surface area contributed by atoms with Gasteiger partial charge in [0.2, 0.25) is 0 Å². The largest absolute Gasteiger partial charge is 0.0683 e. The first-order valence-electron chi connectivity index (χ1n) is 19.9. The molecule has 0 heteroatoms. The van der Waals surface area contributed by atoms with Gasteiger partial charge in [0.25, 0.3) is 0 Å². The second-order valence-electron chi connectivity index (χ2n) is 15.3. The molecule has 9 unspecified atom stereocenters. The third-order valence-electron chi connectivity index (χ3n) is 11.0. The van der Waals surface area contributed by atoms with Gasteiger partial charge in [-0.15, -0.1) is 0 Å². The van der Waals surface area contributed by atoms with Gasteiger partial charge in [-0.3, -0.25) is 0 Å². The summed E-state index contributed by atoms with van der Waals surface area (Å²) in [5, 5.41) is 0. The fourth-order valence-electron chi connectivity index (χ4n) is 8.12. The standard InChI is InChI=1S/C24H46.C10H22.C4H10.2C2H6/c1-8-12-20-15-24(19(7)22-13-11-14-23(20)22)18(6)21(10-3)17(5)16(4)9-2;1-5-10(4)8-6-7-9(2)3;1-4(2)3;2*1-2/h16-24H,8-15H2,1-7H3;9-10H,5-8H2,1-4H3;4H,1-3H3;2*1-2H3/t16?,17?,18?,19?,20-,21?,22?,23?,24?;;;;/m1..../s1. The SMILES string of the molecule is CC.CC.CC(C)C.CCC(C)CCCC(C)C.CCC[C@@H]1CC(C(C)C(CC)C(C)C(C)CC)C(C)C2CCCC21. The second kappa shape index (κ2) is 28.5. The average Bonchev–Trinajstić information content (AvgIpc) is 3.47. The van der Waals surface area contributed by atoms with E-state index in [0.29, 0.717) is 0 Å². The molecule has 0 aromatic heterocycles. The van der Waals surface area contributed by atoms with Crippen LogP contribution in [0.25, 0.3) is 0 Å². The Hall–Kier alpha value is 0. The van der Waals surface area contributed by atoms with E-state index in [0.717, 1.165) is 71.0 Å². The van der Waals surface area contributed by atoms with Crippen LogP contribution in [-0.2, 0) is 0 Å². The first-order chi connectivity index (χ1) is 19.9. The molecule has 42 heavy (non-hydrogen) atoms. The Morgan fingerprint density at radius 1 is 0.667 bits per heavy atom. The van der Waals surface area contributed by atoms with Crippen molar-refractivity contribution in [1.29, 1.82) is 0 Å². The normalized spacial score (nSPS) is 26.4. The van der Waals surface area contributed by atoms with Crippen LogP contribution in [0.15, 0.2) is 0 Å². The van der Waals surface area contributed by atoms with E-state index >= 15 is 0 Å². The van der Waals surface area contributed by atoms with Crippen molar-refractivity contribution in [3.05, 3.63) is 0 Å². The van der Waals surface area contributed by atoms with Crippen molar-refractivity contribution >= 4 is 0 Å². The quantitative estimate of drug-likeness (QED) is 0.199. The zero-order valence-electron chi connectivity index (χ0n) is 33.4. The lowest BCUT2D eigenvalue weighted by Gasteiger charge is -2.48. The first kappa shape index (κ1) is 46.4. The van der Waals surface area contributed by atoms with Crippen LogP contribution < -0.4 is 0 Å². The van der Waals surface area contributed by atoms with Crippen LogP contribution in [0.1, 0.15) is 202 Å². The molecule has 0 radical (unpaired) electrons. The van der Waals surface area contributed by atoms with E-state index in [4.69, 9.17) is 0 Å². The van der Waals surface area contributed by atoms with Crippen molar-refractivity contribution in [1.82, 2.24) is 0 Å². The van der Waals surface area contributed by atoms with Gasteiger partial charge in [-0.25, -0.2) is 0 Å². The van der Waals surface area contributed by atoms with E-state index in [1.165, 1.54) is 64.2 Å². The Kier molecular flexibility index (Phi) is 31.5. The van der Waals surface area contributed by atoms with Gasteiger partial charge in [-0.1, -0.05) is 182 Å². The molecule has 0 aliphatic heterocycles. The van der Waals surface area contributed by atoms with Gasteiger partial charge < -0.3 is 0 Å². The molecule has 2 saturated carbocycles. The van der Waals surface area contributed by atoms with Gasteiger partial charge in [0.05, 0.1) is 0 Å². The molecule has 0 bridgehead atoms. The highest BCUT2D eigenvalue weighted by Gasteiger charge is 2.47. The van der Waals surface area contributed by atoms with Crippen molar-refractivity contribution in [2.75, 3.05) is 0 Å². The van der Waals surface area contributed by atoms with Crippen molar-refractivity contribution in [3.8, 4) is 0 Å². The van der Waals surface area contributed by atoms with E-state index in [9.17, 15) is 0 Å². The van der Waals surface area contributed by atoms with Gasteiger partial charge in [0.15, 0.2) is 0 Å². The minimum atomic E-state index is 0.833. The second-order valence-corrected chi connectivity index (χ2v) is 15.3. The monoisotopic (exact) mass is 595 g/mol. The Bertz CT molecular complexity index is 529. The minimum Gasteiger partial charge on any atom is -0.0683 e. The van der Waals surface area contributed by atoms with E-state index in [-0.39, 0.29) is 0 Å². The van der Waals surface area contributed by atoms with Gasteiger partial charge in [-0.2, -0.15) is 0 Å². The highest BCUT2D eigenvalue weighted by Crippen LogP contribution is 2.55. The van der Waals surface area contributed by atoms with Crippen molar-refractivity contribution in [2.24, 2.45) is 71.0 Å². The zero-order valence-corrected chi connectivity index (χ0v) is 33.4. The van der Waals surface area contributed by atoms with Gasteiger partial charge >= 0.3 is 0 Å². The molecule has 10 atom stereocenters. The Balaban J connectivity index is -0.000000702. The molecule has 0 aromatic carbocycles. The fraction of sp³-hybridized carbons (Fsp3) is 1.00. The van der Waals surface area contributed by atoms with Crippen LogP contribution >= 0.6 is 0 Å². The fourth-order valence-corrected chi connectivity index (χ4v) is 8.12. The molecule has 0 saturated heterocycles. The number of hydrogen-bond acceptors (Lipinski definition) is 0. The van der Waals surface area contributed by atoms with Gasteiger partial charge in [0.1, 0.15) is 0 Å². The van der Waals surface area contributed by atoms with Crippen LogP contribution in [0, 0.1) is 71.0 Å². The summed E-state index contributed by atoms with van der Waals surface area (Å²) < 4.78 is 0. The van der Waals surface area contributed by atoms with E-state index in [1.54, 1.807) is 12.8 Å². The van der Waals surface area contributed by atoms with Crippen molar-refractivity contribution < 1.29 is 0 Å².